The summed E-state index contributed by atoms with van der Waals surface area (Å²) in [5.41, 5.74) is 3.70. The fourth-order valence-electron chi connectivity index (χ4n) is 8.17. The zero-order valence-electron chi connectivity index (χ0n) is 25.1. The molecule has 44 heavy (non-hydrogen) atoms. The number of fused-ring (bicyclic) bond motifs is 2. The second-order valence-electron chi connectivity index (χ2n) is 13.6. The van der Waals surface area contributed by atoms with Crippen LogP contribution in [-0.2, 0) is 21.5 Å². The first kappa shape index (κ1) is 28.9. The highest BCUT2D eigenvalue weighted by Gasteiger charge is 2.57. The predicted octanol–water partition coefficient (Wildman–Crippen LogP) is 5.51. The van der Waals surface area contributed by atoms with E-state index >= 15 is 0 Å². The number of amidine groups is 1. The molecule has 1 saturated carbocycles. The number of likely N-dealkylation sites (tertiary alicyclic amines) is 1. The lowest BCUT2D eigenvalue weighted by atomic mass is 9.81. The van der Waals surface area contributed by atoms with E-state index in [-0.39, 0.29) is 35.4 Å². The number of aromatic nitrogens is 1. The van der Waals surface area contributed by atoms with Gasteiger partial charge in [-0.05, 0) is 87.0 Å². The number of halogens is 2. The van der Waals surface area contributed by atoms with Crippen molar-refractivity contribution in [2.75, 3.05) is 19.6 Å². The lowest BCUT2D eigenvalue weighted by molar-refractivity contribution is -0.144. The smallest absolute Gasteiger partial charge is 0.263 e. The van der Waals surface area contributed by atoms with Crippen LogP contribution < -0.4 is 5.32 Å². The Kier molecular flexibility index (Phi) is 6.69. The minimum atomic E-state index is -0.660. The molecular weight excluding hydrogens is 615 g/mol. The molecule has 230 valence electrons. The molecular formula is C33H36Cl2N6O2S. The molecule has 1 aromatic carbocycles. The molecule has 8 nitrogen and oxygen atoms in total. The Labute approximate surface area is 272 Å². The van der Waals surface area contributed by atoms with Crippen LogP contribution in [0.15, 0.2) is 52.1 Å². The van der Waals surface area contributed by atoms with Crippen LogP contribution >= 0.6 is 35.0 Å². The van der Waals surface area contributed by atoms with E-state index in [2.05, 4.69) is 48.1 Å². The molecule has 11 heteroatoms. The van der Waals surface area contributed by atoms with Crippen LogP contribution in [0.5, 0.6) is 0 Å². The summed E-state index contributed by atoms with van der Waals surface area (Å²) >= 11 is 14.2. The molecule has 6 heterocycles. The Balaban J connectivity index is 1.19. The highest BCUT2D eigenvalue weighted by molar-refractivity contribution is 8.18. The highest BCUT2D eigenvalue weighted by atomic mass is 35.5. The number of rotatable bonds is 3. The molecule has 0 bridgehead atoms. The lowest BCUT2D eigenvalue weighted by Crippen LogP contribution is -2.58. The maximum atomic E-state index is 14.7. The number of hydrogen-bond acceptors (Lipinski definition) is 7. The van der Waals surface area contributed by atoms with Crippen LogP contribution in [0.25, 0.3) is 0 Å². The van der Waals surface area contributed by atoms with E-state index < -0.39 is 11.6 Å². The van der Waals surface area contributed by atoms with E-state index in [9.17, 15) is 9.59 Å². The van der Waals surface area contributed by atoms with Crippen molar-refractivity contribution in [3.8, 4) is 0 Å². The SMILES string of the molecule is CC1Cc2cc(Cl)ccc2[C@H]2N3C(=N[C@@]2(C)c2ccc(Cl)nc2)SC(C(=O)N2[C@H](C)CC[C@H]2C(=O)N2CCNC4(CC4)C2)=C13. The van der Waals surface area contributed by atoms with Crippen molar-refractivity contribution in [1.82, 2.24) is 25.0 Å². The summed E-state index contributed by atoms with van der Waals surface area (Å²) in [5, 5.41) is 5.54. The maximum Gasteiger partial charge on any atom is 0.263 e. The first-order chi connectivity index (χ1) is 21.1. The summed E-state index contributed by atoms with van der Waals surface area (Å²) in [7, 11) is 0. The number of thioether (sulfide) groups is 1. The third-order valence-electron chi connectivity index (χ3n) is 10.6. The molecule has 2 amide bonds. The number of carbonyl (C=O) groups is 2. The molecule has 5 aliphatic heterocycles. The van der Waals surface area contributed by atoms with Crippen molar-refractivity contribution < 1.29 is 9.59 Å². The van der Waals surface area contributed by atoms with Crippen molar-refractivity contribution in [3.63, 3.8) is 0 Å². The molecule has 2 aromatic rings. The van der Waals surface area contributed by atoms with Gasteiger partial charge in [-0.3, -0.25) is 9.59 Å². The van der Waals surface area contributed by atoms with Crippen LogP contribution in [0, 0.1) is 5.92 Å². The van der Waals surface area contributed by atoms with E-state index in [0.717, 1.165) is 66.3 Å². The second kappa shape index (κ2) is 10.2. The largest absolute Gasteiger partial charge is 0.338 e. The first-order valence-electron chi connectivity index (χ1n) is 15.7. The van der Waals surface area contributed by atoms with E-state index in [1.54, 1.807) is 0 Å². The minimum absolute atomic E-state index is 0.0152. The summed E-state index contributed by atoms with van der Waals surface area (Å²) in [5.74, 6) is 0.0850. The molecule has 1 spiro atoms. The molecule has 5 atom stereocenters. The van der Waals surface area contributed by atoms with Crippen LogP contribution in [-0.4, -0.2) is 73.9 Å². The monoisotopic (exact) mass is 650 g/mol. The number of piperazine rings is 1. The van der Waals surface area contributed by atoms with Gasteiger partial charge in [-0.1, -0.05) is 42.3 Å². The number of hydrogen-bond donors (Lipinski definition) is 1. The van der Waals surface area contributed by atoms with Crippen molar-refractivity contribution in [2.45, 2.75) is 82.1 Å². The van der Waals surface area contributed by atoms with E-state index in [1.807, 2.05) is 34.2 Å². The van der Waals surface area contributed by atoms with Gasteiger partial charge in [-0.2, -0.15) is 0 Å². The van der Waals surface area contributed by atoms with Gasteiger partial charge in [0.1, 0.15) is 21.6 Å². The molecule has 6 aliphatic rings. The zero-order chi connectivity index (χ0) is 30.5. The van der Waals surface area contributed by atoms with E-state index in [4.69, 9.17) is 28.2 Å². The Morgan fingerprint density at radius 1 is 1.11 bits per heavy atom. The number of amides is 2. The van der Waals surface area contributed by atoms with Gasteiger partial charge in [-0.15, -0.1) is 0 Å². The second-order valence-corrected chi connectivity index (χ2v) is 15.4. The number of nitrogens with zero attached hydrogens (tertiary/aromatic N) is 5. The Morgan fingerprint density at radius 2 is 1.93 bits per heavy atom. The Bertz CT molecular complexity index is 1640. The number of pyridine rings is 1. The minimum Gasteiger partial charge on any atom is -0.338 e. The molecule has 1 aliphatic carbocycles. The molecule has 1 N–H and O–H groups in total. The van der Waals surface area contributed by atoms with Crippen LogP contribution in [0.1, 0.15) is 69.2 Å². The highest BCUT2D eigenvalue weighted by Crippen LogP contribution is 2.58. The summed E-state index contributed by atoms with van der Waals surface area (Å²) in [4.78, 5) is 45.3. The van der Waals surface area contributed by atoms with Gasteiger partial charge in [0.15, 0.2) is 5.17 Å². The summed E-state index contributed by atoms with van der Waals surface area (Å²) < 4.78 is 0. The van der Waals surface area contributed by atoms with Crippen LogP contribution in [0.3, 0.4) is 0 Å². The van der Waals surface area contributed by atoms with Crippen molar-refractivity contribution >= 4 is 51.9 Å². The third-order valence-corrected chi connectivity index (χ3v) is 12.2. The van der Waals surface area contributed by atoms with Gasteiger partial charge < -0.3 is 20.0 Å². The third kappa shape index (κ3) is 4.37. The van der Waals surface area contributed by atoms with Crippen molar-refractivity contribution in [1.29, 1.82) is 0 Å². The molecule has 1 unspecified atom stereocenters. The summed E-state index contributed by atoms with van der Waals surface area (Å²) in [6.07, 6.45) is 6.30. The maximum absolute atomic E-state index is 14.7. The first-order valence-corrected chi connectivity index (χ1v) is 17.2. The summed E-state index contributed by atoms with van der Waals surface area (Å²) in [6.45, 7) is 8.65. The van der Waals surface area contributed by atoms with Gasteiger partial charge in [-0.25, -0.2) is 9.98 Å². The molecule has 2 saturated heterocycles. The number of benzene rings is 1. The van der Waals surface area contributed by atoms with Crippen LogP contribution in [0.4, 0.5) is 0 Å². The fraction of sp³-hybridized carbons (Fsp3) is 0.515. The van der Waals surface area contributed by atoms with Crippen LogP contribution in [0.2, 0.25) is 10.2 Å². The normalized spacial score (nSPS) is 31.7. The average molecular weight is 652 g/mol. The Hall–Kier alpha value is -2.59. The topological polar surface area (TPSA) is 81.1 Å². The number of nitrogens with one attached hydrogen (secondary N) is 1. The molecule has 8 rings (SSSR count). The van der Waals surface area contributed by atoms with Crippen molar-refractivity contribution in [3.05, 3.63) is 74.0 Å². The number of allylic oxidation sites excluding steroid dienone is 1. The quantitative estimate of drug-likeness (QED) is 0.441. The molecule has 0 radical (unpaired) electrons. The predicted molar refractivity (Wildman–Crippen MR) is 173 cm³/mol. The zero-order valence-corrected chi connectivity index (χ0v) is 27.5. The molecule has 3 fully saturated rings. The molecule has 1 aromatic heterocycles. The standard InChI is InChI=1S/C33H36Cl2N6O2S/c1-18-14-20-15-22(34)6-7-23(20)28-32(3,21-5-9-25(35)36-16-21)38-31-41(28)26(18)27(44-31)30(43)40-19(2)4-8-24(40)29(42)39-13-12-37-33(17-39)10-11-33/h5-7,9,15-16,18-19,24,28,37H,4,8,10-14,17H2,1-3H3/t18?,19-,24+,28-,32+/m1/s1. The summed E-state index contributed by atoms with van der Waals surface area (Å²) in [6, 6.07) is 9.28. The van der Waals surface area contributed by atoms with E-state index in [0.29, 0.717) is 28.0 Å². The van der Waals surface area contributed by atoms with Gasteiger partial charge >= 0.3 is 0 Å². The lowest BCUT2D eigenvalue weighted by Gasteiger charge is -2.38. The average Bonchev–Trinajstić information content (AvgIpc) is 3.36. The number of carbonyl (C=O) groups excluding carboxylic acids is 2. The van der Waals surface area contributed by atoms with Gasteiger partial charge in [0, 0.05) is 59.6 Å². The van der Waals surface area contributed by atoms with Gasteiger partial charge in [0.05, 0.1) is 6.04 Å². The number of aliphatic imine (C=N–C) groups is 1. The Morgan fingerprint density at radius 3 is 2.68 bits per heavy atom. The van der Waals surface area contributed by atoms with Gasteiger partial charge in [0.2, 0.25) is 5.91 Å². The fourth-order valence-corrected chi connectivity index (χ4v) is 9.79. The van der Waals surface area contributed by atoms with Crippen molar-refractivity contribution in [2.24, 2.45) is 10.9 Å². The van der Waals surface area contributed by atoms with Gasteiger partial charge in [0.25, 0.3) is 5.91 Å². The van der Waals surface area contributed by atoms with E-state index in [1.165, 1.54) is 11.8 Å².